The summed E-state index contributed by atoms with van der Waals surface area (Å²) in [6.07, 6.45) is 0.888. The number of nitrogens with zero attached hydrogens (tertiary/aromatic N) is 1. The second-order valence-electron chi connectivity index (χ2n) is 4.78. The van der Waals surface area contributed by atoms with Crippen LogP contribution in [0.25, 0.3) is 10.6 Å². The predicted molar refractivity (Wildman–Crippen MR) is 78.5 cm³/mol. The van der Waals surface area contributed by atoms with Gasteiger partial charge in [-0.25, -0.2) is 9.78 Å². The molecule has 0 aliphatic carbocycles. The van der Waals surface area contributed by atoms with Gasteiger partial charge in [0.1, 0.15) is 17.7 Å². The van der Waals surface area contributed by atoms with Crippen LogP contribution in [0.2, 0.25) is 0 Å². The van der Waals surface area contributed by atoms with E-state index in [0.717, 1.165) is 16.3 Å². The molecule has 0 radical (unpaired) electrons. The highest BCUT2D eigenvalue weighted by molar-refractivity contribution is 7.13. The first-order valence-corrected chi connectivity index (χ1v) is 7.56. The molecule has 2 aromatic rings. The summed E-state index contributed by atoms with van der Waals surface area (Å²) in [6.45, 7) is 0.133. The molecule has 0 spiro atoms. The molecule has 21 heavy (non-hydrogen) atoms. The highest BCUT2D eigenvalue weighted by Crippen LogP contribution is 2.23. The van der Waals surface area contributed by atoms with Crippen molar-refractivity contribution in [2.75, 3.05) is 0 Å². The molecular weight excluding hydrogens is 288 g/mol. The van der Waals surface area contributed by atoms with Crippen molar-refractivity contribution >= 4 is 23.2 Å². The lowest BCUT2D eigenvalue weighted by atomic mass is 10.2. The molecule has 108 valence electrons. The van der Waals surface area contributed by atoms with Gasteiger partial charge in [0.05, 0.1) is 5.69 Å². The summed E-state index contributed by atoms with van der Waals surface area (Å²) in [7, 11) is 0. The second-order valence-corrected chi connectivity index (χ2v) is 5.63. The molecule has 1 aromatic carbocycles. The van der Waals surface area contributed by atoms with E-state index >= 15 is 0 Å². The van der Waals surface area contributed by atoms with Crippen LogP contribution in [0.4, 0.5) is 0 Å². The molecule has 0 saturated carbocycles. The van der Waals surface area contributed by atoms with Gasteiger partial charge in [-0.05, 0) is 6.42 Å². The number of rotatable bonds is 4. The van der Waals surface area contributed by atoms with Gasteiger partial charge in [-0.2, -0.15) is 0 Å². The molecule has 1 aliphatic rings. The third kappa shape index (κ3) is 3.28. The monoisotopic (exact) mass is 302 g/mol. The summed E-state index contributed by atoms with van der Waals surface area (Å²) >= 11 is 1.51. The Kier molecular flexibility index (Phi) is 3.96. The zero-order chi connectivity index (χ0) is 14.7. The lowest BCUT2D eigenvalue weighted by Crippen LogP contribution is -2.34. The van der Waals surface area contributed by atoms with Crippen molar-refractivity contribution in [3.05, 3.63) is 41.4 Å². The van der Waals surface area contributed by atoms with Crippen molar-refractivity contribution in [1.82, 2.24) is 10.3 Å². The Morgan fingerprint density at radius 2 is 2.19 bits per heavy atom. The number of aromatic nitrogens is 1. The minimum absolute atomic E-state index is 0.100. The summed E-state index contributed by atoms with van der Waals surface area (Å²) in [5, 5.41) is 5.37. The van der Waals surface area contributed by atoms with Gasteiger partial charge in [-0.15, -0.1) is 11.3 Å². The molecule has 1 atom stereocenters. The number of nitrogens with one attached hydrogen (secondary N) is 1. The number of carbonyl (C=O) groups is 2. The molecule has 1 unspecified atom stereocenters. The van der Waals surface area contributed by atoms with E-state index in [1.807, 2.05) is 35.7 Å². The molecule has 1 fully saturated rings. The highest BCUT2D eigenvalue weighted by Gasteiger charge is 2.28. The van der Waals surface area contributed by atoms with Gasteiger partial charge in [0.25, 0.3) is 0 Å². The third-order valence-electron chi connectivity index (χ3n) is 3.21. The Morgan fingerprint density at radius 3 is 2.90 bits per heavy atom. The molecule has 6 heteroatoms. The quantitative estimate of drug-likeness (QED) is 0.879. The zero-order valence-corrected chi connectivity index (χ0v) is 12.1. The van der Waals surface area contributed by atoms with E-state index in [1.54, 1.807) is 0 Å². The lowest BCUT2D eigenvalue weighted by molar-refractivity contribution is -0.147. The smallest absolute Gasteiger partial charge is 0.329 e. The van der Waals surface area contributed by atoms with Crippen LogP contribution in [0.1, 0.15) is 18.5 Å². The number of esters is 1. The topological polar surface area (TPSA) is 68.3 Å². The van der Waals surface area contributed by atoms with E-state index in [-0.39, 0.29) is 12.5 Å². The van der Waals surface area contributed by atoms with E-state index in [9.17, 15) is 9.59 Å². The van der Waals surface area contributed by atoms with E-state index in [1.165, 1.54) is 11.3 Å². The fourth-order valence-corrected chi connectivity index (χ4v) is 2.93. The van der Waals surface area contributed by atoms with Crippen LogP contribution >= 0.6 is 11.3 Å². The average molecular weight is 302 g/mol. The third-order valence-corrected chi connectivity index (χ3v) is 4.15. The standard InChI is InChI=1S/C15H14N2O3S/c18-13-7-6-12(17-13)15(19)20-8-11-9-21-14(16-11)10-4-2-1-3-5-10/h1-5,9,12H,6-8H2,(H,17,18). The highest BCUT2D eigenvalue weighted by atomic mass is 32.1. The first kappa shape index (κ1) is 13.8. The van der Waals surface area contributed by atoms with Crippen molar-refractivity contribution < 1.29 is 14.3 Å². The average Bonchev–Trinajstić information content (AvgIpc) is 3.15. The Morgan fingerprint density at radius 1 is 1.38 bits per heavy atom. The molecule has 5 nitrogen and oxygen atoms in total. The number of carbonyl (C=O) groups excluding carboxylic acids is 2. The maximum Gasteiger partial charge on any atom is 0.329 e. The molecule has 1 aromatic heterocycles. The fraction of sp³-hybridized carbons (Fsp3) is 0.267. The number of hydrogen-bond donors (Lipinski definition) is 1. The molecule has 1 amide bonds. The SMILES string of the molecule is O=C1CCC(C(=O)OCc2csc(-c3ccccc3)n2)N1. The minimum Gasteiger partial charge on any atom is -0.458 e. The summed E-state index contributed by atoms with van der Waals surface area (Å²) in [6, 6.07) is 9.34. The van der Waals surface area contributed by atoms with E-state index in [2.05, 4.69) is 10.3 Å². The van der Waals surface area contributed by atoms with Crippen LogP contribution in [0, 0.1) is 0 Å². The summed E-state index contributed by atoms with van der Waals surface area (Å²) < 4.78 is 5.20. The number of thiazole rings is 1. The molecule has 1 saturated heterocycles. The van der Waals surface area contributed by atoms with Crippen molar-refractivity contribution in [3.63, 3.8) is 0 Å². The van der Waals surface area contributed by atoms with E-state index in [0.29, 0.717) is 12.8 Å². The molecule has 2 heterocycles. The first-order chi connectivity index (χ1) is 10.2. The van der Waals surface area contributed by atoms with Gasteiger partial charge in [-0.1, -0.05) is 30.3 Å². The van der Waals surface area contributed by atoms with Gasteiger partial charge < -0.3 is 10.1 Å². The molecule has 1 aliphatic heterocycles. The van der Waals surface area contributed by atoms with Crippen molar-refractivity contribution in [2.24, 2.45) is 0 Å². The molecule has 0 bridgehead atoms. The van der Waals surface area contributed by atoms with Crippen LogP contribution in [0.3, 0.4) is 0 Å². The zero-order valence-electron chi connectivity index (χ0n) is 11.2. The van der Waals surface area contributed by atoms with Crippen molar-refractivity contribution in [3.8, 4) is 10.6 Å². The van der Waals surface area contributed by atoms with Gasteiger partial charge in [-0.3, -0.25) is 4.79 Å². The van der Waals surface area contributed by atoms with Crippen molar-refractivity contribution in [2.45, 2.75) is 25.5 Å². The predicted octanol–water partition coefficient (Wildman–Crippen LogP) is 2.13. The summed E-state index contributed by atoms with van der Waals surface area (Å²) in [4.78, 5) is 27.3. The van der Waals surface area contributed by atoms with Crippen molar-refractivity contribution in [1.29, 1.82) is 0 Å². The molecule has 3 rings (SSSR count). The normalized spacial score (nSPS) is 17.5. The largest absolute Gasteiger partial charge is 0.458 e. The lowest BCUT2D eigenvalue weighted by Gasteiger charge is -2.08. The number of amides is 1. The Bertz CT molecular complexity index is 654. The van der Waals surface area contributed by atoms with Gasteiger partial charge >= 0.3 is 5.97 Å². The maximum absolute atomic E-state index is 11.8. The van der Waals surface area contributed by atoms with Crippen LogP contribution in [0.15, 0.2) is 35.7 Å². The number of ether oxygens (including phenoxy) is 1. The van der Waals surface area contributed by atoms with Gasteiger partial charge in [0.2, 0.25) is 5.91 Å². The Labute approximate surface area is 126 Å². The summed E-state index contributed by atoms with van der Waals surface area (Å²) in [5.41, 5.74) is 1.76. The van der Waals surface area contributed by atoms with Gasteiger partial charge in [0.15, 0.2) is 0 Å². The molecule has 1 N–H and O–H groups in total. The van der Waals surface area contributed by atoms with Gasteiger partial charge in [0, 0.05) is 17.4 Å². The van der Waals surface area contributed by atoms with Crippen LogP contribution in [-0.4, -0.2) is 22.9 Å². The maximum atomic E-state index is 11.8. The van der Waals surface area contributed by atoms with Crippen LogP contribution < -0.4 is 5.32 Å². The summed E-state index contributed by atoms with van der Waals surface area (Å²) in [5.74, 6) is -0.493. The van der Waals surface area contributed by atoms with E-state index in [4.69, 9.17) is 4.74 Å². The molecular formula is C15H14N2O3S. The fourth-order valence-electron chi connectivity index (χ4n) is 2.12. The minimum atomic E-state index is -0.510. The van der Waals surface area contributed by atoms with Crippen LogP contribution in [0.5, 0.6) is 0 Å². The Hall–Kier alpha value is -2.21. The number of benzene rings is 1. The van der Waals surface area contributed by atoms with Crippen LogP contribution in [-0.2, 0) is 20.9 Å². The first-order valence-electron chi connectivity index (χ1n) is 6.68. The second kappa shape index (κ2) is 6.05. The Balaban J connectivity index is 1.58. The van der Waals surface area contributed by atoms with E-state index < -0.39 is 12.0 Å². The number of hydrogen-bond acceptors (Lipinski definition) is 5.